The minimum Gasteiger partial charge on any atom is -0.490 e. The second-order valence-electron chi connectivity index (χ2n) is 9.46. The maximum absolute atomic E-state index is 13.1. The third-order valence-corrected chi connectivity index (χ3v) is 6.51. The van der Waals surface area contributed by atoms with Gasteiger partial charge in [-0.25, -0.2) is 0 Å². The molecule has 42 heavy (non-hydrogen) atoms. The van der Waals surface area contributed by atoms with Gasteiger partial charge >= 0.3 is 0 Å². The lowest BCUT2D eigenvalue weighted by molar-refractivity contribution is -0.136. The molecule has 0 bridgehead atoms. The maximum Gasteiger partial charge on any atom is 0.266 e. The van der Waals surface area contributed by atoms with E-state index >= 15 is 0 Å². The molecule has 12 heteroatoms. The molecule has 12 nitrogen and oxygen atoms in total. The van der Waals surface area contributed by atoms with Gasteiger partial charge in [-0.3, -0.25) is 29.4 Å². The zero-order chi connectivity index (χ0) is 29.6. The highest BCUT2D eigenvalue weighted by Gasteiger charge is 2.45. The molecule has 4 amide bonds. The minimum absolute atomic E-state index is 0.0581. The Kier molecular flexibility index (Phi) is 12.4. The third kappa shape index (κ3) is 8.91. The molecule has 0 aliphatic carbocycles. The van der Waals surface area contributed by atoms with Crippen molar-refractivity contribution in [3.05, 3.63) is 65.2 Å². The molecule has 0 aromatic heterocycles. The fourth-order valence-corrected chi connectivity index (χ4v) is 4.46. The highest BCUT2D eigenvalue weighted by atomic mass is 16.6. The summed E-state index contributed by atoms with van der Waals surface area (Å²) in [5, 5.41) is 2.18. The predicted octanol–water partition coefficient (Wildman–Crippen LogP) is 1.75. The molecular formula is C30H36N2O10. The maximum atomic E-state index is 13.1. The van der Waals surface area contributed by atoms with Crippen LogP contribution in [0, 0.1) is 0 Å². The molecule has 226 valence electrons. The lowest BCUT2D eigenvalue weighted by atomic mass is 10.0. The van der Waals surface area contributed by atoms with Crippen LogP contribution >= 0.6 is 0 Å². The van der Waals surface area contributed by atoms with Gasteiger partial charge in [0, 0.05) is 6.42 Å². The summed E-state index contributed by atoms with van der Waals surface area (Å²) in [6, 6.07) is 13.7. The van der Waals surface area contributed by atoms with Gasteiger partial charge < -0.3 is 28.4 Å². The van der Waals surface area contributed by atoms with Gasteiger partial charge in [0.25, 0.3) is 11.8 Å². The number of imide groups is 2. The van der Waals surface area contributed by atoms with Crippen molar-refractivity contribution in [2.75, 3.05) is 66.1 Å². The Labute approximate surface area is 244 Å². The van der Waals surface area contributed by atoms with Crippen LogP contribution < -0.4 is 10.1 Å². The summed E-state index contributed by atoms with van der Waals surface area (Å²) in [5.41, 5.74) is 1.41. The Balaban J connectivity index is 1.00. The average molecular weight is 585 g/mol. The van der Waals surface area contributed by atoms with Crippen molar-refractivity contribution in [1.82, 2.24) is 10.2 Å². The van der Waals surface area contributed by atoms with Crippen molar-refractivity contribution in [3.8, 4) is 5.75 Å². The van der Waals surface area contributed by atoms with Crippen LogP contribution in [-0.4, -0.2) is 101 Å². The van der Waals surface area contributed by atoms with Crippen molar-refractivity contribution in [3.63, 3.8) is 0 Å². The fourth-order valence-electron chi connectivity index (χ4n) is 4.46. The van der Waals surface area contributed by atoms with E-state index in [0.717, 1.165) is 10.5 Å². The zero-order valence-electron chi connectivity index (χ0n) is 23.4. The molecule has 2 aliphatic heterocycles. The quantitative estimate of drug-likeness (QED) is 0.192. The van der Waals surface area contributed by atoms with E-state index < -0.39 is 29.7 Å². The van der Waals surface area contributed by atoms with Gasteiger partial charge in [0.1, 0.15) is 18.4 Å². The first-order valence-electron chi connectivity index (χ1n) is 14.0. The van der Waals surface area contributed by atoms with Crippen LogP contribution in [0.25, 0.3) is 0 Å². The van der Waals surface area contributed by atoms with Crippen LogP contribution in [0.4, 0.5) is 0 Å². The van der Waals surface area contributed by atoms with Gasteiger partial charge in [0.15, 0.2) is 0 Å². The summed E-state index contributed by atoms with van der Waals surface area (Å²) in [6.07, 6.45) is 0.150. The lowest BCUT2D eigenvalue weighted by Gasteiger charge is -2.27. The van der Waals surface area contributed by atoms with Crippen molar-refractivity contribution in [2.45, 2.75) is 25.5 Å². The first-order chi connectivity index (χ1) is 20.6. The van der Waals surface area contributed by atoms with Crippen LogP contribution in [0.15, 0.2) is 48.5 Å². The molecule has 2 aromatic rings. The molecule has 1 saturated heterocycles. The number of hydrogen-bond donors (Lipinski definition) is 1. The summed E-state index contributed by atoms with van der Waals surface area (Å²) in [4.78, 5) is 50.5. The van der Waals surface area contributed by atoms with E-state index in [4.69, 9.17) is 28.4 Å². The Hall–Kier alpha value is -3.68. The first kappa shape index (κ1) is 31.3. The Morgan fingerprint density at radius 3 is 1.88 bits per heavy atom. The Morgan fingerprint density at radius 1 is 0.667 bits per heavy atom. The van der Waals surface area contributed by atoms with E-state index in [9.17, 15) is 19.2 Å². The number of fused-ring (bicyclic) bond motifs is 1. The number of rotatable bonds is 19. The Morgan fingerprint density at radius 2 is 1.26 bits per heavy atom. The number of nitrogens with one attached hydrogen (secondary N) is 1. The fraction of sp³-hybridized carbons (Fsp3) is 0.467. The van der Waals surface area contributed by atoms with Crippen LogP contribution in [0.1, 0.15) is 39.1 Å². The molecule has 1 atom stereocenters. The molecule has 2 aromatic carbocycles. The van der Waals surface area contributed by atoms with Gasteiger partial charge in [-0.15, -0.1) is 0 Å². The monoisotopic (exact) mass is 584 g/mol. The lowest BCUT2D eigenvalue weighted by Crippen LogP contribution is -2.54. The molecule has 0 spiro atoms. The molecular weight excluding hydrogens is 548 g/mol. The normalized spacial score (nSPS) is 16.6. The van der Waals surface area contributed by atoms with Crippen molar-refractivity contribution in [2.24, 2.45) is 0 Å². The van der Waals surface area contributed by atoms with Gasteiger partial charge in [-0.1, -0.05) is 36.4 Å². The standard InChI is InChI=1S/C30H36N2O10/c33-26-10-9-24(28(34)31-26)32-29(35)23-7-4-8-25(27(23)30(32)36)42-20-19-40-16-15-38-12-11-37-13-14-39-17-18-41-21-22-5-2-1-3-6-22/h1-8,24H,9-21H2,(H,31,33,34). The third-order valence-electron chi connectivity index (χ3n) is 6.51. The van der Waals surface area contributed by atoms with Crippen LogP contribution in [-0.2, 0) is 39.9 Å². The van der Waals surface area contributed by atoms with E-state index in [-0.39, 0.29) is 42.9 Å². The Bertz CT molecular complexity index is 1210. The van der Waals surface area contributed by atoms with E-state index in [2.05, 4.69) is 5.32 Å². The SMILES string of the molecule is O=C1CCC(N2C(=O)c3cccc(OCCOCCOCCOCCOCCOCc4ccccc4)c3C2=O)C(=O)N1. The molecule has 0 saturated carbocycles. The van der Waals surface area contributed by atoms with Gasteiger partial charge in [-0.2, -0.15) is 0 Å². The van der Waals surface area contributed by atoms with Gasteiger partial charge in [0.05, 0.1) is 77.2 Å². The molecule has 0 radical (unpaired) electrons. The van der Waals surface area contributed by atoms with Crippen molar-refractivity contribution in [1.29, 1.82) is 0 Å². The molecule has 1 N–H and O–H groups in total. The first-order valence-corrected chi connectivity index (χ1v) is 14.0. The number of nitrogens with zero attached hydrogens (tertiary/aromatic N) is 1. The molecule has 4 rings (SSSR count). The topological polar surface area (TPSA) is 139 Å². The largest absolute Gasteiger partial charge is 0.490 e. The second kappa shape index (κ2) is 16.7. The molecule has 1 fully saturated rings. The number of piperidine rings is 1. The number of hydrogen-bond acceptors (Lipinski definition) is 10. The van der Waals surface area contributed by atoms with Crippen LogP contribution in [0.5, 0.6) is 5.75 Å². The van der Waals surface area contributed by atoms with Crippen LogP contribution in [0.3, 0.4) is 0 Å². The van der Waals surface area contributed by atoms with E-state index in [1.807, 2.05) is 30.3 Å². The van der Waals surface area contributed by atoms with Gasteiger partial charge in [0.2, 0.25) is 11.8 Å². The summed E-state index contributed by atoms with van der Waals surface area (Å²) in [7, 11) is 0. The number of amides is 4. The minimum atomic E-state index is -1.03. The van der Waals surface area contributed by atoms with E-state index in [1.54, 1.807) is 12.1 Å². The summed E-state index contributed by atoms with van der Waals surface area (Å²) in [5.74, 6) is -2.04. The number of benzene rings is 2. The summed E-state index contributed by atoms with van der Waals surface area (Å²) >= 11 is 0. The predicted molar refractivity (Wildman–Crippen MR) is 148 cm³/mol. The number of carbonyl (C=O) groups excluding carboxylic acids is 4. The smallest absolute Gasteiger partial charge is 0.266 e. The van der Waals surface area contributed by atoms with Crippen LogP contribution in [0.2, 0.25) is 0 Å². The molecule has 2 aliphatic rings. The average Bonchev–Trinajstić information content (AvgIpc) is 3.25. The highest BCUT2D eigenvalue weighted by molar-refractivity contribution is 6.24. The second-order valence-corrected chi connectivity index (χ2v) is 9.46. The van der Waals surface area contributed by atoms with Crippen molar-refractivity contribution < 1.29 is 47.6 Å². The van der Waals surface area contributed by atoms with Crippen molar-refractivity contribution >= 4 is 23.6 Å². The number of ether oxygens (including phenoxy) is 6. The van der Waals surface area contributed by atoms with E-state index in [1.165, 1.54) is 6.07 Å². The summed E-state index contributed by atoms with van der Waals surface area (Å²) < 4.78 is 33.2. The summed E-state index contributed by atoms with van der Waals surface area (Å²) in [6.45, 7) is 4.55. The van der Waals surface area contributed by atoms with E-state index in [0.29, 0.717) is 59.5 Å². The number of carbonyl (C=O) groups is 4. The zero-order valence-corrected chi connectivity index (χ0v) is 23.4. The van der Waals surface area contributed by atoms with Gasteiger partial charge in [-0.05, 0) is 24.1 Å². The molecule has 1 unspecified atom stereocenters. The highest BCUT2D eigenvalue weighted by Crippen LogP contribution is 2.33. The molecule has 2 heterocycles.